The second-order valence-electron chi connectivity index (χ2n) is 5.01. The molecule has 0 amide bonds. The first-order valence-corrected chi connectivity index (χ1v) is 7.71. The normalized spacial score (nSPS) is 12.5. The Morgan fingerprint density at radius 3 is 2.62 bits per heavy atom. The number of benzene rings is 2. The summed E-state index contributed by atoms with van der Waals surface area (Å²) in [4.78, 5) is 4.42. The van der Waals surface area contributed by atoms with Gasteiger partial charge in [-0.05, 0) is 23.9 Å². The number of ether oxygens (including phenoxy) is 1. The Kier molecular flexibility index (Phi) is 3.90. The highest BCUT2D eigenvalue weighted by Crippen LogP contribution is 2.32. The fourth-order valence-electron chi connectivity index (χ4n) is 2.54. The van der Waals surface area contributed by atoms with E-state index in [4.69, 9.17) is 4.74 Å². The zero-order valence-electron chi connectivity index (χ0n) is 12.0. The molecule has 108 valence electrons. The van der Waals surface area contributed by atoms with Crippen molar-refractivity contribution >= 4 is 22.1 Å². The van der Waals surface area contributed by atoms with E-state index in [0.717, 1.165) is 32.8 Å². The van der Waals surface area contributed by atoms with Gasteiger partial charge in [0.1, 0.15) is 5.75 Å². The molecule has 1 heterocycles. The Labute approximate surface area is 127 Å². The molecule has 0 spiro atoms. The molecule has 3 rings (SSSR count). The number of rotatable bonds is 4. The molecule has 3 aromatic rings. The summed E-state index contributed by atoms with van der Waals surface area (Å²) in [5.74, 6) is 0.826. The van der Waals surface area contributed by atoms with Crippen molar-refractivity contribution in [3.63, 3.8) is 0 Å². The molecule has 0 saturated heterocycles. The van der Waals surface area contributed by atoms with Crippen LogP contribution in [0.15, 0.2) is 41.8 Å². The predicted molar refractivity (Wildman–Crippen MR) is 86.0 cm³/mol. The number of methoxy groups -OCH3 is 1. The van der Waals surface area contributed by atoms with E-state index in [1.54, 1.807) is 18.4 Å². The number of aliphatic hydroxyl groups is 1. The highest BCUT2D eigenvalue weighted by molar-refractivity contribution is 7.09. The Balaban J connectivity index is 2.00. The van der Waals surface area contributed by atoms with Gasteiger partial charge in [-0.1, -0.05) is 30.3 Å². The second-order valence-corrected chi connectivity index (χ2v) is 5.95. The van der Waals surface area contributed by atoms with Gasteiger partial charge in [-0.25, -0.2) is 4.98 Å². The van der Waals surface area contributed by atoms with Crippen molar-refractivity contribution in [1.29, 1.82) is 0 Å². The van der Waals surface area contributed by atoms with Gasteiger partial charge in [-0.15, -0.1) is 11.3 Å². The average Bonchev–Trinajstić information content (AvgIpc) is 2.91. The monoisotopic (exact) mass is 299 g/mol. The molecule has 0 fully saturated rings. The van der Waals surface area contributed by atoms with E-state index >= 15 is 0 Å². The largest absolute Gasteiger partial charge is 0.496 e. The minimum atomic E-state index is -0.564. The van der Waals surface area contributed by atoms with Crippen LogP contribution in [-0.2, 0) is 6.42 Å². The van der Waals surface area contributed by atoms with Crippen LogP contribution in [0.25, 0.3) is 10.8 Å². The molecule has 1 unspecified atom stereocenters. The number of aryl methyl sites for hydroxylation is 1. The third-order valence-corrected chi connectivity index (χ3v) is 4.52. The Bertz CT molecular complexity index is 766. The van der Waals surface area contributed by atoms with Crippen LogP contribution in [0.2, 0.25) is 0 Å². The van der Waals surface area contributed by atoms with Crippen LogP contribution in [0.4, 0.5) is 0 Å². The molecule has 0 bridgehead atoms. The molecule has 1 aromatic heterocycles. The van der Waals surface area contributed by atoms with E-state index in [0.29, 0.717) is 6.42 Å². The smallest absolute Gasteiger partial charge is 0.126 e. The van der Waals surface area contributed by atoms with E-state index in [-0.39, 0.29) is 0 Å². The molecule has 1 atom stereocenters. The minimum absolute atomic E-state index is 0.537. The lowest BCUT2D eigenvalue weighted by Gasteiger charge is -2.14. The van der Waals surface area contributed by atoms with Crippen molar-refractivity contribution in [2.75, 3.05) is 7.11 Å². The summed E-state index contributed by atoms with van der Waals surface area (Å²) < 4.78 is 5.39. The third kappa shape index (κ3) is 2.77. The van der Waals surface area contributed by atoms with Gasteiger partial charge in [0.25, 0.3) is 0 Å². The number of hydrogen-bond acceptors (Lipinski definition) is 4. The molecular weight excluding hydrogens is 282 g/mol. The van der Waals surface area contributed by atoms with Crippen LogP contribution in [0, 0.1) is 6.92 Å². The highest BCUT2D eigenvalue weighted by atomic mass is 32.1. The van der Waals surface area contributed by atoms with Crippen LogP contribution in [0.1, 0.15) is 22.4 Å². The summed E-state index contributed by atoms with van der Waals surface area (Å²) in [6, 6.07) is 11.8. The van der Waals surface area contributed by atoms with Gasteiger partial charge >= 0.3 is 0 Å². The first-order chi connectivity index (χ1) is 10.2. The fourth-order valence-corrected chi connectivity index (χ4v) is 3.35. The van der Waals surface area contributed by atoms with Gasteiger partial charge in [-0.2, -0.15) is 0 Å². The number of thiazole rings is 1. The van der Waals surface area contributed by atoms with E-state index < -0.39 is 6.10 Å². The van der Waals surface area contributed by atoms with Crippen molar-refractivity contribution in [2.24, 2.45) is 0 Å². The van der Waals surface area contributed by atoms with Crippen molar-refractivity contribution in [3.8, 4) is 5.75 Å². The lowest BCUT2D eigenvalue weighted by atomic mass is 9.98. The minimum Gasteiger partial charge on any atom is -0.496 e. The van der Waals surface area contributed by atoms with Crippen LogP contribution in [0.5, 0.6) is 5.75 Å². The topological polar surface area (TPSA) is 42.4 Å². The summed E-state index contributed by atoms with van der Waals surface area (Å²) in [5.41, 5.74) is 1.92. The molecule has 3 nitrogen and oxygen atoms in total. The van der Waals surface area contributed by atoms with Gasteiger partial charge in [-0.3, -0.25) is 0 Å². The summed E-state index contributed by atoms with van der Waals surface area (Å²) in [6.07, 6.45) is -0.0270. The number of fused-ring (bicyclic) bond motifs is 1. The summed E-state index contributed by atoms with van der Waals surface area (Å²) >= 11 is 1.59. The van der Waals surface area contributed by atoms with Crippen molar-refractivity contribution in [2.45, 2.75) is 19.4 Å². The second kappa shape index (κ2) is 5.84. The molecule has 0 aliphatic rings. The molecule has 21 heavy (non-hydrogen) atoms. The maximum Gasteiger partial charge on any atom is 0.126 e. The molecule has 0 aliphatic heterocycles. The number of hydrogen-bond donors (Lipinski definition) is 1. The zero-order valence-corrected chi connectivity index (χ0v) is 12.9. The maximum atomic E-state index is 10.6. The van der Waals surface area contributed by atoms with Crippen molar-refractivity contribution < 1.29 is 9.84 Å². The molecule has 4 heteroatoms. The molecule has 0 saturated carbocycles. The molecule has 2 aromatic carbocycles. The maximum absolute atomic E-state index is 10.6. The molecule has 1 N–H and O–H groups in total. The fraction of sp³-hybridized carbons (Fsp3) is 0.235. The number of aromatic nitrogens is 1. The summed E-state index contributed by atoms with van der Waals surface area (Å²) in [6.45, 7) is 1.97. The summed E-state index contributed by atoms with van der Waals surface area (Å²) in [7, 11) is 1.66. The quantitative estimate of drug-likeness (QED) is 0.794. The van der Waals surface area contributed by atoms with Crippen molar-refractivity contribution in [3.05, 3.63) is 58.0 Å². The molecule has 0 radical (unpaired) electrons. The Morgan fingerprint density at radius 2 is 1.95 bits per heavy atom. The first-order valence-electron chi connectivity index (χ1n) is 6.83. The number of aliphatic hydroxyl groups excluding tert-OH is 1. The van der Waals surface area contributed by atoms with E-state index in [2.05, 4.69) is 4.98 Å². The van der Waals surface area contributed by atoms with Gasteiger partial charge in [0.2, 0.25) is 0 Å². The van der Waals surface area contributed by atoms with E-state index in [1.165, 1.54) is 0 Å². The van der Waals surface area contributed by atoms with Gasteiger partial charge in [0.15, 0.2) is 0 Å². The van der Waals surface area contributed by atoms with Crippen molar-refractivity contribution in [1.82, 2.24) is 4.98 Å². The molecule has 0 aliphatic carbocycles. The first kappa shape index (κ1) is 14.0. The van der Waals surface area contributed by atoms with Crippen LogP contribution >= 0.6 is 11.3 Å². The number of nitrogens with zero attached hydrogens (tertiary/aromatic N) is 1. The highest BCUT2D eigenvalue weighted by Gasteiger charge is 2.15. The Morgan fingerprint density at radius 1 is 1.19 bits per heavy atom. The SMILES string of the molecule is COc1ccc(C(O)Cc2nc(C)cs2)c2ccccc12. The lowest BCUT2D eigenvalue weighted by molar-refractivity contribution is 0.180. The molecular formula is C17H17NO2S. The predicted octanol–water partition coefficient (Wildman–Crippen LogP) is 3.89. The van der Waals surface area contributed by atoms with Gasteiger partial charge in [0, 0.05) is 22.9 Å². The zero-order chi connectivity index (χ0) is 14.8. The van der Waals surface area contributed by atoms with Gasteiger partial charge < -0.3 is 9.84 Å². The van der Waals surface area contributed by atoms with Crippen LogP contribution in [-0.4, -0.2) is 17.2 Å². The lowest BCUT2D eigenvalue weighted by Crippen LogP contribution is -2.03. The van der Waals surface area contributed by atoms with E-state index in [1.807, 2.05) is 48.7 Å². The standard InChI is InChI=1S/C17H17NO2S/c1-11-10-21-17(18-11)9-15(19)13-7-8-16(20-2)14-6-4-3-5-12(13)14/h3-8,10,15,19H,9H2,1-2H3. The van der Waals surface area contributed by atoms with Gasteiger partial charge in [0.05, 0.1) is 18.2 Å². The third-order valence-electron chi connectivity index (χ3n) is 3.53. The summed E-state index contributed by atoms with van der Waals surface area (Å²) in [5, 5.41) is 15.6. The van der Waals surface area contributed by atoms with Crippen LogP contribution in [0.3, 0.4) is 0 Å². The average molecular weight is 299 g/mol. The van der Waals surface area contributed by atoms with Crippen LogP contribution < -0.4 is 4.74 Å². The Hall–Kier alpha value is -1.91. The van der Waals surface area contributed by atoms with E-state index in [9.17, 15) is 5.11 Å².